The number of nitrogens with one attached hydrogen (secondary N) is 1. The number of aryl methyl sites for hydroxylation is 3. The summed E-state index contributed by atoms with van der Waals surface area (Å²) in [5.74, 6) is 2.18. The Kier molecular flexibility index (Phi) is 13.6. The third-order valence-electron chi connectivity index (χ3n) is 7.69. The van der Waals surface area contributed by atoms with Crippen LogP contribution in [0.1, 0.15) is 42.9 Å². The molecule has 0 unspecified atom stereocenters. The molecule has 2 aromatic heterocycles. The number of hydrogen-bond donors (Lipinski definition) is 2. The van der Waals surface area contributed by atoms with Gasteiger partial charge in [0, 0.05) is 82.2 Å². The SMILES string of the molecule is Cn1c(CCCC(=O)O)nc2cc(N(CCCl)CCOC(=O)CCCc3nc4cc(CN(CCCl)CCCl)ccc4[nH]3)ccc21. The van der Waals surface area contributed by atoms with Crippen LogP contribution in [0.5, 0.6) is 0 Å². The number of aromatic nitrogens is 4. The number of carbonyl (C=O) groups is 2. The molecular formula is C32H41Cl3N6O4. The fourth-order valence-electron chi connectivity index (χ4n) is 5.36. The van der Waals surface area contributed by atoms with E-state index in [2.05, 4.69) is 26.9 Å². The normalized spacial score (nSPS) is 11.6. The van der Waals surface area contributed by atoms with Crippen molar-refractivity contribution in [1.82, 2.24) is 24.4 Å². The summed E-state index contributed by atoms with van der Waals surface area (Å²) in [6.07, 6.45) is 2.81. The van der Waals surface area contributed by atoms with Gasteiger partial charge in [-0.15, -0.1) is 34.8 Å². The number of aliphatic carboxylic acids is 1. The third kappa shape index (κ3) is 10.2. The number of alkyl halides is 3. The van der Waals surface area contributed by atoms with Crippen LogP contribution in [-0.4, -0.2) is 91.9 Å². The van der Waals surface area contributed by atoms with Crippen molar-refractivity contribution in [1.29, 1.82) is 0 Å². The number of carboxylic acid groups (broad SMARTS) is 1. The molecule has 0 spiro atoms. The van der Waals surface area contributed by atoms with Crippen LogP contribution in [0.4, 0.5) is 5.69 Å². The third-order valence-corrected chi connectivity index (χ3v) is 8.20. The standard InChI is InChI=1S/C32H41Cl3N6O4/c1-39-28-11-9-24(21-27(28)38-30(39)5-3-6-31(42)43)41(17-14-35)18-19-45-32(44)7-2-4-29-36-25-10-8-23(20-26(25)37-29)22-40(15-12-33)16-13-34/h8-11,20-21H,2-7,12-19,22H2,1H3,(H,36,37)(H,42,43). The van der Waals surface area contributed by atoms with Crippen molar-refractivity contribution in [2.75, 3.05) is 55.3 Å². The second kappa shape index (κ2) is 17.6. The molecule has 0 saturated carbocycles. The van der Waals surface area contributed by atoms with Gasteiger partial charge in [0.05, 0.1) is 28.6 Å². The first kappa shape index (κ1) is 34.8. The summed E-state index contributed by atoms with van der Waals surface area (Å²) >= 11 is 18.0. The van der Waals surface area contributed by atoms with Crippen LogP contribution < -0.4 is 4.90 Å². The van der Waals surface area contributed by atoms with Crippen LogP contribution in [0, 0.1) is 0 Å². The molecule has 2 N–H and O–H groups in total. The molecule has 0 aliphatic carbocycles. The predicted molar refractivity (Wildman–Crippen MR) is 181 cm³/mol. The number of rotatable bonds is 20. The Balaban J connectivity index is 1.25. The Labute approximate surface area is 278 Å². The van der Waals surface area contributed by atoms with E-state index in [0.29, 0.717) is 62.8 Å². The molecular weight excluding hydrogens is 639 g/mol. The number of benzene rings is 2. The van der Waals surface area contributed by atoms with Gasteiger partial charge >= 0.3 is 11.9 Å². The molecule has 0 aliphatic heterocycles. The number of anilines is 1. The van der Waals surface area contributed by atoms with Crippen molar-refractivity contribution in [3.8, 4) is 0 Å². The van der Waals surface area contributed by atoms with Crippen molar-refractivity contribution in [2.24, 2.45) is 7.05 Å². The maximum Gasteiger partial charge on any atom is 0.305 e. The van der Waals surface area contributed by atoms with Crippen molar-refractivity contribution in [2.45, 2.75) is 45.1 Å². The molecule has 4 aromatic rings. The first-order chi connectivity index (χ1) is 21.8. The van der Waals surface area contributed by atoms with Gasteiger partial charge in [0.25, 0.3) is 0 Å². The van der Waals surface area contributed by atoms with Crippen LogP contribution in [0.15, 0.2) is 36.4 Å². The van der Waals surface area contributed by atoms with Gasteiger partial charge in [-0.25, -0.2) is 9.97 Å². The number of hydrogen-bond acceptors (Lipinski definition) is 7. The largest absolute Gasteiger partial charge is 0.481 e. The highest BCUT2D eigenvalue weighted by atomic mass is 35.5. The van der Waals surface area contributed by atoms with Gasteiger partial charge in [-0.05, 0) is 48.7 Å². The second-order valence-corrected chi connectivity index (χ2v) is 12.1. The monoisotopic (exact) mass is 678 g/mol. The minimum atomic E-state index is -0.806. The van der Waals surface area contributed by atoms with E-state index in [1.807, 2.05) is 35.9 Å². The number of aromatic amines is 1. The lowest BCUT2D eigenvalue weighted by Gasteiger charge is -2.23. The number of carboxylic acids is 1. The Hall–Kier alpha value is -3.05. The maximum absolute atomic E-state index is 12.5. The van der Waals surface area contributed by atoms with Crippen molar-refractivity contribution < 1.29 is 19.4 Å². The summed E-state index contributed by atoms with van der Waals surface area (Å²) < 4.78 is 7.56. The van der Waals surface area contributed by atoms with E-state index in [-0.39, 0.29) is 19.0 Å². The number of H-pyrrole nitrogens is 1. The van der Waals surface area contributed by atoms with E-state index in [1.165, 1.54) is 0 Å². The molecule has 2 heterocycles. The molecule has 0 bridgehead atoms. The Morgan fingerprint density at radius 1 is 0.911 bits per heavy atom. The zero-order valence-corrected chi connectivity index (χ0v) is 27.9. The molecule has 4 rings (SSSR count). The molecule has 0 atom stereocenters. The minimum Gasteiger partial charge on any atom is -0.481 e. The highest BCUT2D eigenvalue weighted by Gasteiger charge is 2.14. The molecule has 0 saturated heterocycles. The molecule has 0 fully saturated rings. The number of nitrogens with zero attached hydrogens (tertiary/aromatic N) is 5. The molecule has 0 radical (unpaired) electrons. The highest BCUT2D eigenvalue weighted by molar-refractivity contribution is 6.18. The van der Waals surface area contributed by atoms with E-state index in [0.717, 1.165) is 64.6 Å². The second-order valence-electron chi connectivity index (χ2n) is 10.9. The molecule has 13 heteroatoms. The number of halogens is 3. The van der Waals surface area contributed by atoms with Gasteiger partial charge < -0.3 is 24.3 Å². The number of ether oxygens (including phenoxy) is 1. The van der Waals surface area contributed by atoms with Gasteiger partial charge in [0.1, 0.15) is 18.3 Å². The lowest BCUT2D eigenvalue weighted by molar-refractivity contribution is -0.143. The first-order valence-electron chi connectivity index (χ1n) is 15.3. The van der Waals surface area contributed by atoms with Crippen LogP contribution in [0.3, 0.4) is 0 Å². The summed E-state index contributed by atoms with van der Waals surface area (Å²) in [7, 11) is 1.94. The average Bonchev–Trinajstić information content (AvgIpc) is 3.56. The summed E-state index contributed by atoms with van der Waals surface area (Å²) in [6, 6.07) is 12.2. The van der Waals surface area contributed by atoms with E-state index in [9.17, 15) is 9.59 Å². The summed E-state index contributed by atoms with van der Waals surface area (Å²) in [5, 5.41) is 8.94. The smallest absolute Gasteiger partial charge is 0.305 e. The van der Waals surface area contributed by atoms with Gasteiger partial charge in [0.15, 0.2) is 0 Å². The Morgan fingerprint density at radius 2 is 1.67 bits per heavy atom. The van der Waals surface area contributed by atoms with Crippen molar-refractivity contribution >= 4 is 74.5 Å². The number of esters is 1. The number of fused-ring (bicyclic) bond motifs is 2. The van der Waals surface area contributed by atoms with Gasteiger partial charge in [-0.3, -0.25) is 14.5 Å². The quantitative estimate of drug-likeness (QED) is 0.0897. The molecule has 10 nitrogen and oxygen atoms in total. The average molecular weight is 680 g/mol. The zero-order valence-electron chi connectivity index (χ0n) is 25.6. The lowest BCUT2D eigenvalue weighted by Crippen LogP contribution is -2.30. The van der Waals surface area contributed by atoms with E-state index >= 15 is 0 Å². The van der Waals surface area contributed by atoms with Crippen LogP contribution >= 0.6 is 34.8 Å². The minimum absolute atomic E-state index is 0.114. The zero-order chi connectivity index (χ0) is 32.2. The van der Waals surface area contributed by atoms with Crippen LogP contribution in [-0.2, 0) is 40.8 Å². The van der Waals surface area contributed by atoms with Gasteiger partial charge in [-0.1, -0.05) is 6.07 Å². The van der Waals surface area contributed by atoms with Crippen LogP contribution in [0.25, 0.3) is 22.1 Å². The summed E-state index contributed by atoms with van der Waals surface area (Å²) in [5.41, 5.74) is 5.77. The summed E-state index contributed by atoms with van der Waals surface area (Å²) in [4.78, 5) is 40.5. The Morgan fingerprint density at radius 3 is 2.40 bits per heavy atom. The van der Waals surface area contributed by atoms with Crippen molar-refractivity contribution in [3.05, 3.63) is 53.6 Å². The fraction of sp³-hybridized carbons (Fsp3) is 0.500. The fourth-order valence-corrected chi connectivity index (χ4v) is 6.04. The number of carbonyl (C=O) groups excluding carboxylic acids is 1. The van der Waals surface area contributed by atoms with Gasteiger partial charge in [-0.2, -0.15) is 0 Å². The van der Waals surface area contributed by atoms with E-state index < -0.39 is 5.97 Å². The molecule has 244 valence electrons. The first-order valence-corrected chi connectivity index (χ1v) is 16.9. The molecule has 45 heavy (non-hydrogen) atoms. The van der Waals surface area contributed by atoms with Crippen LogP contribution in [0.2, 0.25) is 0 Å². The van der Waals surface area contributed by atoms with Crippen molar-refractivity contribution in [3.63, 3.8) is 0 Å². The highest BCUT2D eigenvalue weighted by Crippen LogP contribution is 2.24. The van der Waals surface area contributed by atoms with E-state index in [1.54, 1.807) is 0 Å². The molecule has 0 aliphatic rings. The molecule has 2 aromatic carbocycles. The molecule has 0 amide bonds. The lowest BCUT2D eigenvalue weighted by atomic mass is 10.2. The summed E-state index contributed by atoms with van der Waals surface area (Å²) in [6.45, 7) is 3.66. The predicted octanol–water partition coefficient (Wildman–Crippen LogP) is 5.75. The van der Waals surface area contributed by atoms with E-state index in [4.69, 9.17) is 54.6 Å². The topological polar surface area (TPSA) is 117 Å². The van der Waals surface area contributed by atoms with Gasteiger partial charge in [0.2, 0.25) is 0 Å². The Bertz CT molecular complexity index is 1550. The maximum atomic E-state index is 12.5. The number of imidazole rings is 2.